The summed E-state index contributed by atoms with van der Waals surface area (Å²) >= 11 is 6.18. The Morgan fingerprint density at radius 1 is 0.792 bits per heavy atom. The van der Waals surface area contributed by atoms with Crippen LogP contribution in [-0.2, 0) is 0 Å². The largest absolute Gasteiger partial charge is 0.340 e. The minimum Gasteiger partial charge on any atom is -0.340 e. The highest BCUT2D eigenvalue weighted by Crippen LogP contribution is 2.23. The van der Waals surface area contributed by atoms with E-state index in [2.05, 4.69) is 27.5 Å². The van der Waals surface area contributed by atoms with Crippen LogP contribution in [0.1, 0.15) is 16.8 Å². The van der Waals surface area contributed by atoms with E-state index < -0.39 is 0 Å². The third kappa shape index (κ3) is 4.03. The van der Waals surface area contributed by atoms with Crippen molar-refractivity contribution in [3.05, 3.63) is 70.4 Å². The molecule has 3 rings (SSSR count). The number of anilines is 4. The fourth-order valence-electron chi connectivity index (χ4n) is 2.27. The molecule has 0 aliphatic carbocycles. The number of hydrogen-bond acceptors (Lipinski definition) is 4. The van der Waals surface area contributed by atoms with Gasteiger partial charge in [0.1, 0.15) is 5.82 Å². The van der Waals surface area contributed by atoms with Crippen molar-refractivity contribution in [2.45, 2.75) is 20.8 Å². The number of halogens is 1. The molecule has 0 saturated heterocycles. The highest BCUT2D eigenvalue weighted by molar-refractivity contribution is 6.31. The maximum atomic E-state index is 6.18. The Morgan fingerprint density at radius 2 is 1.50 bits per heavy atom. The summed E-state index contributed by atoms with van der Waals surface area (Å²) in [7, 11) is 0. The highest BCUT2D eigenvalue weighted by atomic mass is 35.5. The van der Waals surface area contributed by atoms with Gasteiger partial charge in [-0.2, -0.15) is 4.98 Å². The fourth-order valence-corrected chi connectivity index (χ4v) is 2.45. The second-order valence-corrected chi connectivity index (χ2v) is 6.21. The van der Waals surface area contributed by atoms with Crippen molar-refractivity contribution in [3.8, 4) is 0 Å². The van der Waals surface area contributed by atoms with Crippen LogP contribution in [0.25, 0.3) is 0 Å². The lowest BCUT2D eigenvalue weighted by atomic mass is 10.2. The van der Waals surface area contributed by atoms with E-state index in [1.54, 1.807) is 0 Å². The van der Waals surface area contributed by atoms with Crippen molar-refractivity contribution in [1.29, 1.82) is 0 Å². The first-order valence-corrected chi connectivity index (χ1v) is 8.10. The number of hydrogen-bond donors (Lipinski definition) is 2. The van der Waals surface area contributed by atoms with E-state index in [1.807, 2.05) is 62.4 Å². The quantitative estimate of drug-likeness (QED) is 0.655. The number of nitrogens with zero attached hydrogens (tertiary/aromatic N) is 2. The number of benzene rings is 2. The molecule has 0 saturated carbocycles. The Balaban J connectivity index is 1.82. The summed E-state index contributed by atoms with van der Waals surface area (Å²) in [5, 5.41) is 7.23. The van der Waals surface area contributed by atoms with Gasteiger partial charge in [-0.15, -0.1) is 0 Å². The van der Waals surface area contributed by atoms with Crippen LogP contribution in [0, 0.1) is 20.8 Å². The van der Waals surface area contributed by atoms with Gasteiger partial charge in [-0.1, -0.05) is 35.4 Å². The van der Waals surface area contributed by atoms with E-state index >= 15 is 0 Å². The Morgan fingerprint density at radius 3 is 2.21 bits per heavy atom. The molecule has 0 unspecified atom stereocenters. The first kappa shape index (κ1) is 16.3. The second-order valence-electron chi connectivity index (χ2n) is 5.80. The molecule has 2 N–H and O–H groups in total. The Hall–Kier alpha value is -2.59. The van der Waals surface area contributed by atoms with E-state index in [1.165, 1.54) is 5.56 Å². The summed E-state index contributed by atoms with van der Waals surface area (Å²) in [5.41, 5.74) is 4.98. The predicted molar refractivity (Wildman–Crippen MR) is 101 cm³/mol. The van der Waals surface area contributed by atoms with Crippen molar-refractivity contribution in [2.24, 2.45) is 0 Å². The molecule has 2 aromatic carbocycles. The lowest BCUT2D eigenvalue weighted by molar-refractivity contribution is 1.11. The lowest BCUT2D eigenvalue weighted by Crippen LogP contribution is -2.02. The van der Waals surface area contributed by atoms with Gasteiger partial charge >= 0.3 is 0 Å². The molecule has 0 spiro atoms. The zero-order chi connectivity index (χ0) is 17.1. The van der Waals surface area contributed by atoms with Crippen LogP contribution in [0.5, 0.6) is 0 Å². The van der Waals surface area contributed by atoms with Crippen LogP contribution < -0.4 is 10.6 Å². The van der Waals surface area contributed by atoms with E-state index in [9.17, 15) is 0 Å². The third-order valence-electron chi connectivity index (χ3n) is 3.61. The topological polar surface area (TPSA) is 49.8 Å². The third-order valence-corrected chi connectivity index (χ3v) is 4.01. The average Bonchev–Trinajstić information content (AvgIpc) is 2.53. The van der Waals surface area contributed by atoms with Gasteiger partial charge in [0.25, 0.3) is 0 Å². The predicted octanol–water partition coefficient (Wildman–Crippen LogP) is 5.54. The van der Waals surface area contributed by atoms with Crippen LogP contribution in [0.4, 0.5) is 23.1 Å². The highest BCUT2D eigenvalue weighted by Gasteiger charge is 2.05. The van der Waals surface area contributed by atoms with Gasteiger partial charge in [-0.25, -0.2) is 4.98 Å². The summed E-state index contributed by atoms with van der Waals surface area (Å²) in [6.07, 6.45) is 0. The van der Waals surface area contributed by atoms with E-state index in [0.29, 0.717) is 5.95 Å². The molecule has 1 aromatic heterocycles. The van der Waals surface area contributed by atoms with Gasteiger partial charge in [-0.05, 0) is 50.6 Å². The molecule has 0 fully saturated rings. The maximum absolute atomic E-state index is 6.18. The van der Waals surface area contributed by atoms with Gasteiger partial charge in [0, 0.05) is 28.2 Å². The van der Waals surface area contributed by atoms with Crippen molar-refractivity contribution >= 4 is 34.7 Å². The van der Waals surface area contributed by atoms with E-state index in [-0.39, 0.29) is 0 Å². The van der Waals surface area contributed by atoms with E-state index in [0.717, 1.165) is 33.5 Å². The number of rotatable bonds is 4. The molecule has 5 heteroatoms. The standard InChI is InChI=1S/C19H19ClN4/c1-12-4-7-15(8-5-12)23-19-21-14(3)10-18(24-19)22-16-9-6-13(2)17(20)11-16/h4-11H,1-3H3,(H2,21,22,23,24). The van der Waals surface area contributed by atoms with Crippen molar-refractivity contribution in [1.82, 2.24) is 9.97 Å². The lowest BCUT2D eigenvalue weighted by Gasteiger charge is -2.11. The molecular formula is C19H19ClN4. The molecule has 0 radical (unpaired) electrons. The molecule has 0 atom stereocenters. The summed E-state index contributed by atoms with van der Waals surface area (Å²) in [5.74, 6) is 1.27. The van der Waals surface area contributed by atoms with Crippen LogP contribution >= 0.6 is 11.6 Å². The Bertz CT molecular complexity index is 860. The zero-order valence-electron chi connectivity index (χ0n) is 13.9. The minimum atomic E-state index is 0.555. The molecule has 0 aliphatic rings. The summed E-state index contributed by atoms with van der Waals surface area (Å²) < 4.78 is 0. The Labute approximate surface area is 146 Å². The van der Waals surface area contributed by atoms with Crippen LogP contribution in [0.2, 0.25) is 5.02 Å². The minimum absolute atomic E-state index is 0.555. The monoisotopic (exact) mass is 338 g/mol. The summed E-state index contributed by atoms with van der Waals surface area (Å²) in [4.78, 5) is 8.96. The SMILES string of the molecule is Cc1ccc(Nc2nc(C)cc(Nc3ccc(C)c(Cl)c3)n2)cc1. The molecular weight excluding hydrogens is 320 g/mol. The molecule has 24 heavy (non-hydrogen) atoms. The van der Waals surface area contributed by atoms with Crippen LogP contribution in [0.3, 0.4) is 0 Å². The number of aryl methyl sites for hydroxylation is 3. The average molecular weight is 339 g/mol. The van der Waals surface area contributed by atoms with Crippen molar-refractivity contribution in [2.75, 3.05) is 10.6 Å². The maximum Gasteiger partial charge on any atom is 0.229 e. The summed E-state index contributed by atoms with van der Waals surface area (Å²) in [6, 6.07) is 15.9. The second kappa shape index (κ2) is 6.89. The molecule has 4 nitrogen and oxygen atoms in total. The first-order chi connectivity index (χ1) is 11.5. The molecule has 0 bridgehead atoms. The normalized spacial score (nSPS) is 10.5. The molecule has 1 heterocycles. The van der Waals surface area contributed by atoms with Gasteiger partial charge in [0.05, 0.1) is 0 Å². The first-order valence-electron chi connectivity index (χ1n) is 7.72. The van der Waals surface area contributed by atoms with Gasteiger partial charge in [0.15, 0.2) is 0 Å². The summed E-state index contributed by atoms with van der Waals surface area (Å²) in [6.45, 7) is 5.97. The van der Waals surface area contributed by atoms with Crippen LogP contribution in [0.15, 0.2) is 48.5 Å². The van der Waals surface area contributed by atoms with Gasteiger partial charge < -0.3 is 10.6 Å². The molecule has 0 aliphatic heterocycles. The molecule has 122 valence electrons. The zero-order valence-corrected chi connectivity index (χ0v) is 14.6. The molecule has 0 amide bonds. The smallest absolute Gasteiger partial charge is 0.229 e. The van der Waals surface area contributed by atoms with E-state index in [4.69, 9.17) is 11.6 Å². The van der Waals surface area contributed by atoms with Crippen molar-refractivity contribution in [3.63, 3.8) is 0 Å². The van der Waals surface area contributed by atoms with Crippen LogP contribution in [-0.4, -0.2) is 9.97 Å². The number of nitrogens with one attached hydrogen (secondary N) is 2. The molecule has 3 aromatic rings. The fraction of sp³-hybridized carbons (Fsp3) is 0.158. The van der Waals surface area contributed by atoms with Gasteiger partial charge in [0.2, 0.25) is 5.95 Å². The van der Waals surface area contributed by atoms with Crippen molar-refractivity contribution < 1.29 is 0 Å². The Kier molecular flexibility index (Phi) is 4.67. The van der Waals surface area contributed by atoms with Gasteiger partial charge in [-0.3, -0.25) is 0 Å². The number of aromatic nitrogens is 2.